The van der Waals surface area contributed by atoms with Crippen LogP contribution in [0.2, 0.25) is 0 Å². The van der Waals surface area contributed by atoms with Gasteiger partial charge in [-0.25, -0.2) is 4.98 Å². The van der Waals surface area contributed by atoms with Gasteiger partial charge in [-0.1, -0.05) is 48.2 Å². The third kappa shape index (κ3) is 3.32. The molecular weight excluding hydrogens is 451 g/mol. The van der Waals surface area contributed by atoms with Crippen molar-refractivity contribution < 1.29 is 0 Å². The summed E-state index contributed by atoms with van der Waals surface area (Å²) in [5, 5.41) is 11.7. The van der Waals surface area contributed by atoms with Gasteiger partial charge in [-0.15, -0.1) is 22.7 Å². The molecule has 0 fully saturated rings. The molecule has 1 aliphatic rings. The fourth-order valence-electron chi connectivity index (χ4n) is 3.75. The Hall–Kier alpha value is -3.37. The molecule has 5 aromatic rings. The van der Waals surface area contributed by atoms with Gasteiger partial charge in [0.05, 0.1) is 27.2 Å². The zero-order valence-corrected chi connectivity index (χ0v) is 19.2. The smallest absolute Gasteiger partial charge is 0.135 e. The largest absolute Gasteiger partial charge is 0.300 e. The number of fused-ring (bicyclic) bond motifs is 3. The minimum Gasteiger partial charge on any atom is -0.300 e. The Morgan fingerprint density at radius 3 is 2.22 bits per heavy atom. The van der Waals surface area contributed by atoms with Crippen LogP contribution in [0, 0.1) is 11.3 Å². The van der Waals surface area contributed by atoms with Crippen molar-refractivity contribution >= 4 is 72.7 Å². The standard InChI is InChI=1S/C26H15N3S3/c27-16-17(26-28-19-7-1-4-10-22(19)32-26)15-18-13-14-25(30-18)29-20-8-2-5-11-23(20)31-24-12-6-3-9-21(24)29/h1-15H/b17-15+. The fraction of sp³-hybridized carbons (Fsp3) is 0. The van der Waals surface area contributed by atoms with E-state index in [1.807, 2.05) is 30.3 Å². The number of nitrogens with zero attached hydrogens (tertiary/aromatic N) is 3. The van der Waals surface area contributed by atoms with Crippen molar-refractivity contribution in [3.05, 3.63) is 94.8 Å². The summed E-state index contributed by atoms with van der Waals surface area (Å²) >= 11 is 5.04. The lowest BCUT2D eigenvalue weighted by molar-refractivity contribution is 1.18. The van der Waals surface area contributed by atoms with Gasteiger partial charge < -0.3 is 0 Å². The van der Waals surface area contributed by atoms with Crippen LogP contribution in [-0.2, 0) is 0 Å². The van der Waals surface area contributed by atoms with Gasteiger partial charge in [0.15, 0.2) is 0 Å². The van der Waals surface area contributed by atoms with Gasteiger partial charge in [0.1, 0.15) is 16.1 Å². The van der Waals surface area contributed by atoms with Crippen molar-refractivity contribution in [2.45, 2.75) is 9.79 Å². The number of nitriles is 1. The molecule has 0 unspecified atom stereocenters. The van der Waals surface area contributed by atoms with Crippen molar-refractivity contribution in [2.75, 3.05) is 4.90 Å². The second-order valence-corrected chi connectivity index (χ2v) is 10.4. The number of hydrogen-bond acceptors (Lipinski definition) is 6. The second kappa shape index (κ2) is 7.95. The van der Waals surface area contributed by atoms with Crippen LogP contribution in [0.25, 0.3) is 21.9 Å². The molecule has 0 amide bonds. The molecule has 6 heteroatoms. The average molecular weight is 466 g/mol. The summed E-state index contributed by atoms with van der Waals surface area (Å²) in [6.45, 7) is 0. The zero-order chi connectivity index (χ0) is 21.5. The molecule has 152 valence electrons. The lowest BCUT2D eigenvalue weighted by atomic mass is 10.2. The highest BCUT2D eigenvalue weighted by molar-refractivity contribution is 7.99. The van der Waals surface area contributed by atoms with Crippen molar-refractivity contribution in [1.82, 2.24) is 4.98 Å². The van der Waals surface area contributed by atoms with Crippen molar-refractivity contribution in [2.24, 2.45) is 0 Å². The summed E-state index contributed by atoms with van der Waals surface area (Å²) in [4.78, 5) is 10.5. The number of rotatable bonds is 3. The molecule has 0 aliphatic carbocycles. The van der Waals surface area contributed by atoms with Gasteiger partial charge in [0.2, 0.25) is 0 Å². The Morgan fingerprint density at radius 1 is 0.812 bits per heavy atom. The van der Waals surface area contributed by atoms with Crippen LogP contribution in [-0.4, -0.2) is 4.98 Å². The predicted octanol–water partition coefficient (Wildman–Crippen LogP) is 8.36. The average Bonchev–Trinajstić information content (AvgIpc) is 3.47. The Balaban J connectivity index is 1.42. The molecule has 0 bridgehead atoms. The molecule has 3 aromatic carbocycles. The number of thiophene rings is 1. The molecule has 0 N–H and O–H groups in total. The van der Waals surface area contributed by atoms with Crippen molar-refractivity contribution in [3.63, 3.8) is 0 Å². The highest BCUT2D eigenvalue weighted by Gasteiger charge is 2.25. The van der Waals surface area contributed by atoms with Gasteiger partial charge in [-0.3, -0.25) is 4.90 Å². The Kier molecular flexibility index (Phi) is 4.80. The van der Waals surface area contributed by atoms with Crippen LogP contribution in [0.3, 0.4) is 0 Å². The van der Waals surface area contributed by atoms with E-state index < -0.39 is 0 Å². The van der Waals surface area contributed by atoms with Gasteiger partial charge >= 0.3 is 0 Å². The predicted molar refractivity (Wildman–Crippen MR) is 136 cm³/mol. The van der Waals surface area contributed by atoms with E-state index in [2.05, 4.69) is 76.6 Å². The molecule has 32 heavy (non-hydrogen) atoms. The number of benzene rings is 3. The van der Waals surface area contributed by atoms with E-state index in [-0.39, 0.29) is 0 Å². The van der Waals surface area contributed by atoms with E-state index >= 15 is 0 Å². The number of aromatic nitrogens is 1. The molecule has 0 radical (unpaired) electrons. The van der Waals surface area contributed by atoms with Crippen LogP contribution in [0.5, 0.6) is 0 Å². The monoisotopic (exact) mass is 465 g/mol. The Morgan fingerprint density at radius 2 is 1.50 bits per heavy atom. The van der Waals surface area contributed by atoms with Gasteiger partial charge in [0.25, 0.3) is 0 Å². The maximum Gasteiger partial charge on any atom is 0.135 e. The van der Waals surface area contributed by atoms with Crippen molar-refractivity contribution in [1.29, 1.82) is 5.26 Å². The summed E-state index contributed by atoms with van der Waals surface area (Å²) in [5.41, 5.74) is 3.88. The van der Waals surface area contributed by atoms with E-state index in [4.69, 9.17) is 0 Å². The molecule has 0 saturated carbocycles. The number of thiazole rings is 1. The third-order valence-electron chi connectivity index (χ3n) is 5.20. The van der Waals surface area contributed by atoms with Crippen LogP contribution in [0.1, 0.15) is 9.88 Å². The topological polar surface area (TPSA) is 39.9 Å². The van der Waals surface area contributed by atoms with Crippen LogP contribution < -0.4 is 4.90 Å². The number of allylic oxidation sites excluding steroid dienone is 1. The molecule has 3 nitrogen and oxygen atoms in total. The second-order valence-electron chi connectivity index (χ2n) is 7.21. The summed E-state index contributed by atoms with van der Waals surface area (Å²) < 4.78 is 1.09. The number of anilines is 3. The molecule has 0 saturated heterocycles. The number of para-hydroxylation sites is 3. The van der Waals surface area contributed by atoms with E-state index in [0.717, 1.165) is 25.1 Å². The molecular formula is C26H15N3S3. The van der Waals surface area contributed by atoms with Gasteiger partial charge in [-0.2, -0.15) is 5.26 Å². The molecule has 1 aliphatic heterocycles. The molecule has 0 atom stereocenters. The van der Waals surface area contributed by atoms with Crippen LogP contribution in [0.4, 0.5) is 16.4 Å². The van der Waals surface area contributed by atoms with E-state index in [9.17, 15) is 5.26 Å². The maximum absolute atomic E-state index is 9.82. The zero-order valence-electron chi connectivity index (χ0n) is 16.7. The summed E-state index contributed by atoms with van der Waals surface area (Å²) in [5.74, 6) is 0. The van der Waals surface area contributed by atoms with E-state index in [1.165, 1.54) is 21.2 Å². The molecule has 3 heterocycles. The lowest BCUT2D eigenvalue weighted by Gasteiger charge is -2.31. The molecule has 0 spiro atoms. The van der Waals surface area contributed by atoms with E-state index in [1.54, 1.807) is 34.4 Å². The normalized spacial score (nSPS) is 13.0. The van der Waals surface area contributed by atoms with Crippen molar-refractivity contribution in [3.8, 4) is 6.07 Å². The minimum absolute atomic E-state index is 0.592. The maximum atomic E-state index is 9.82. The SMILES string of the molecule is N#C/C(=C\c1ccc(N2c3ccccc3Sc3ccccc32)s1)c1nc2ccccc2s1. The van der Waals surface area contributed by atoms with Gasteiger partial charge in [-0.05, 0) is 54.6 Å². The first-order valence-corrected chi connectivity index (χ1v) is 12.5. The third-order valence-corrected chi connectivity index (χ3v) is 8.41. The molecule has 6 rings (SSSR count). The van der Waals surface area contributed by atoms with Crippen LogP contribution in [0.15, 0.2) is 94.7 Å². The minimum atomic E-state index is 0.592. The summed E-state index contributed by atoms with van der Waals surface area (Å²) in [7, 11) is 0. The summed E-state index contributed by atoms with van der Waals surface area (Å²) in [6, 6.07) is 31.5. The van der Waals surface area contributed by atoms with Gasteiger partial charge in [0, 0.05) is 14.7 Å². The first kappa shape index (κ1) is 19.3. The Bertz CT molecular complexity index is 1460. The first-order valence-electron chi connectivity index (χ1n) is 10.0. The quantitative estimate of drug-likeness (QED) is 0.246. The molecule has 2 aromatic heterocycles. The highest BCUT2D eigenvalue weighted by atomic mass is 32.2. The Labute approximate surface area is 197 Å². The van der Waals surface area contributed by atoms with Crippen LogP contribution >= 0.6 is 34.4 Å². The van der Waals surface area contributed by atoms with E-state index in [0.29, 0.717) is 5.57 Å². The number of hydrogen-bond donors (Lipinski definition) is 0. The highest BCUT2D eigenvalue weighted by Crippen LogP contribution is 2.52. The lowest BCUT2D eigenvalue weighted by Crippen LogP contribution is -2.13. The fourth-order valence-corrected chi connectivity index (χ4v) is 6.72. The summed E-state index contributed by atoms with van der Waals surface area (Å²) in [6.07, 6.45) is 1.95. The first-order chi connectivity index (χ1) is 15.8.